The lowest BCUT2D eigenvalue weighted by molar-refractivity contribution is 0.694. The van der Waals surface area contributed by atoms with Crippen molar-refractivity contribution in [1.29, 1.82) is 0 Å². The summed E-state index contributed by atoms with van der Waals surface area (Å²) in [4.78, 5) is 0. The average molecular weight is 911 g/mol. The predicted octanol–water partition coefficient (Wildman–Crippen LogP) is -19.5. The molecule has 7 aromatic carbocycles. The fourth-order valence-electron chi connectivity index (χ4n) is 11.7. The van der Waals surface area contributed by atoms with Gasteiger partial charge in [0.05, 0.1) is 0 Å². The van der Waals surface area contributed by atoms with Crippen LogP contribution in [0.25, 0.3) is 60.3 Å². The normalized spacial score (nSPS) is 16.2. The van der Waals surface area contributed by atoms with E-state index in [0.717, 1.165) is 0 Å². The number of rotatable bonds is 4. The molecule has 0 aromatic heterocycles. The topological polar surface area (TPSA) is 0 Å². The van der Waals surface area contributed by atoms with Crippen LogP contribution in [0.3, 0.4) is 0 Å². The summed E-state index contributed by atoms with van der Waals surface area (Å²) in [6.45, 7) is 1.55. The van der Waals surface area contributed by atoms with Crippen LogP contribution in [0.15, 0.2) is 16.4 Å². The molecular weight excluding hydrogens is 903 g/mol. The highest BCUT2D eigenvalue weighted by Crippen LogP contribution is 2.59. The van der Waals surface area contributed by atoms with E-state index < -0.39 is 11.8 Å². The Morgan fingerprint density at radius 3 is 1.18 bits per heavy atom. The van der Waals surface area contributed by atoms with Crippen molar-refractivity contribution in [1.82, 2.24) is 0 Å². The Labute approximate surface area is 494 Å². The molecule has 0 fully saturated rings. The van der Waals surface area contributed by atoms with Crippen LogP contribution in [-0.4, -0.2) is 220 Å². The molecule has 1 spiro atoms. The lowest BCUT2D eigenvalue weighted by Gasteiger charge is -2.37. The van der Waals surface area contributed by atoms with E-state index in [1.165, 1.54) is 0 Å². The largest absolute Gasteiger partial charge is 0.128 e. The lowest BCUT2D eigenvalue weighted by atomic mass is 9.55. The van der Waals surface area contributed by atoms with Crippen molar-refractivity contribution in [2.75, 3.05) is 0 Å². The van der Waals surface area contributed by atoms with Crippen LogP contribution in [0.4, 0.5) is 0 Å². The number of terminal acetylenes is 1. The summed E-state index contributed by atoms with van der Waals surface area (Å²) in [5, 5.41) is 0.503. The Balaban J connectivity index is 1.55. The van der Waals surface area contributed by atoms with Gasteiger partial charge in [0.2, 0.25) is 0 Å². The maximum Gasteiger partial charge on any atom is 0.127 e. The Morgan fingerprint density at radius 1 is 0.372 bits per heavy atom. The maximum atomic E-state index is 7.66. The highest BCUT2D eigenvalue weighted by Gasteiger charge is 2.54. The highest BCUT2D eigenvalue weighted by atomic mass is 14.5. The Morgan fingerprint density at radius 2 is 0.705 bits per heavy atom. The van der Waals surface area contributed by atoms with Gasteiger partial charge in [0.1, 0.15) is 220 Å². The van der Waals surface area contributed by atoms with Crippen LogP contribution in [0.5, 0.6) is 0 Å². The van der Waals surface area contributed by atoms with E-state index in [1.54, 1.807) is 6.92 Å². The van der Waals surface area contributed by atoms with Gasteiger partial charge in [0, 0.05) is 5.41 Å². The highest BCUT2D eigenvalue weighted by molar-refractivity contribution is 6.74. The van der Waals surface area contributed by atoms with Gasteiger partial charge in [-0.1, -0.05) is 89.4 Å². The first-order valence-electron chi connectivity index (χ1n) is 23.3. The van der Waals surface area contributed by atoms with E-state index in [-0.39, 0.29) is 247 Å². The number of allylic oxidation sites excluding steroid dienone is 4. The molecular formula is C50H8B28. The summed E-state index contributed by atoms with van der Waals surface area (Å²) in [7, 11) is 191. The first-order chi connectivity index (χ1) is 36.3. The first-order valence-corrected chi connectivity index (χ1v) is 23.3. The molecule has 28 heteroatoms. The summed E-state index contributed by atoms with van der Waals surface area (Å²) in [6, 6.07) is 0. The zero-order chi connectivity index (χ0) is 58.0. The second kappa shape index (κ2) is 20.0. The summed E-state index contributed by atoms with van der Waals surface area (Å²) in [6.07, 6.45) is 5.43. The molecule has 1 atom stereocenters. The number of benzene rings is 7. The van der Waals surface area contributed by atoms with E-state index in [4.69, 9.17) is 226 Å². The minimum Gasteiger partial charge on any atom is -0.128 e. The van der Waals surface area contributed by atoms with Crippen molar-refractivity contribution in [3.8, 4) is 34.6 Å². The summed E-state index contributed by atoms with van der Waals surface area (Å²) in [5.41, 5.74) is -3.18. The second-order valence-corrected chi connectivity index (χ2v) is 19.6. The van der Waals surface area contributed by atoms with Gasteiger partial charge in [-0.3, -0.25) is 0 Å². The van der Waals surface area contributed by atoms with Gasteiger partial charge in [-0.05, 0) is 100 Å². The van der Waals surface area contributed by atoms with Crippen LogP contribution < -0.4 is 136 Å². The molecule has 0 N–H and O–H groups in total. The molecule has 0 heterocycles. The lowest BCUT2D eigenvalue weighted by Crippen LogP contribution is -2.56. The SMILES string of the molecule is [B]/C(C)=C([B])/C([B])=C1\CC2(c3c([B])c([B])c([B])c([B])c31)c1c([B])c([B])c(-c3c([B])c([B])c([B])c([B])c3[B])c([B])c1-c1c([B])c([B])c(C/C([B])=c3\c(=C(\[B])C#C)c4c([B])c([B])c([B])c([B])c4c4c([B])c([B])c([B])c([B])c34)c([B])c12. The molecule has 292 valence electrons. The van der Waals surface area contributed by atoms with Crippen LogP contribution in [0, 0.1) is 12.3 Å². The summed E-state index contributed by atoms with van der Waals surface area (Å²) >= 11 is 0. The number of hydrogen-bond acceptors (Lipinski definition) is 0. The molecule has 7 aromatic rings. The molecule has 2 aliphatic carbocycles. The van der Waals surface area contributed by atoms with Crippen LogP contribution >= 0.6 is 0 Å². The molecule has 0 aliphatic heterocycles. The van der Waals surface area contributed by atoms with E-state index in [1.807, 2.05) is 0 Å². The summed E-state index contributed by atoms with van der Waals surface area (Å²) in [5.74, 6) is 2.46. The van der Waals surface area contributed by atoms with E-state index in [2.05, 4.69) is 5.92 Å². The minimum absolute atomic E-state index is 0.00549. The van der Waals surface area contributed by atoms with Crippen LogP contribution in [-0.2, 0) is 11.8 Å². The molecule has 78 heavy (non-hydrogen) atoms. The zero-order valence-electron chi connectivity index (χ0n) is 42.2. The van der Waals surface area contributed by atoms with Crippen molar-refractivity contribution in [3.63, 3.8) is 0 Å². The molecule has 0 nitrogen and oxygen atoms in total. The first kappa shape index (κ1) is 58.3. The van der Waals surface area contributed by atoms with Crippen molar-refractivity contribution in [2.24, 2.45) is 0 Å². The third-order valence-electron chi connectivity index (χ3n) is 15.7. The summed E-state index contributed by atoms with van der Waals surface area (Å²) < 4.78 is 0. The van der Waals surface area contributed by atoms with E-state index in [0.29, 0.717) is 0 Å². The number of hydrogen-bond donors (Lipinski definition) is 0. The van der Waals surface area contributed by atoms with E-state index in [9.17, 15) is 0 Å². The fourth-order valence-corrected chi connectivity index (χ4v) is 11.7. The van der Waals surface area contributed by atoms with Crippen LogP contribution in [0.2, 0.25) is 0 Å². The molecule has 2 aliphatic rings. The van der Waals surface area contributed by atoms with Gasteiger partial charge in [0.25, 0.3) is 0 Å². The maximum absolute atomic E-state index is 7.66. The van der Waals surface area contributed by atoms with Gasteiger partial charge < -0.3 is 0 Å². The van der Waals surface area contributed by atoms with Gasteiger partial charge in [-0.25, -0.2) is 0 Å². The zero-order valence-corrected chi connectivity index (χ0v) is 42.2. The van der Waals surface area contributed by atoms with Crippen molar-refractivity contribution < 1.29 is 0 Å². The van der Waals surface area contributed by atoms with Crippen molar-refractivity contribution in [3.05, 3.63) is 54.7 Å². The monoisotopic (exact) mass is 916 g/mol. The molecule has 0 saturated heterocycles. The van der Waals surface area contributed by atoms with Gasteiger partial charge in [-0.2, -0.15) is 0 Å². The average Bonchev–Trinajstić information content (AvgIpc) is 3.92. The van der Waals surface area contributed by atoms with Crippen molar-refractivity contribution >= 4 is 383 Å². The Hall–Kier alpha value is -4.34. The third-order valence-corrected chi connectivity index (χ3v) is 15.7. The quantitative estimate of drug-likeness (QED) is 0.0938. The molecule has 9 rings (SSSR count). The standard InChI is InChI=1S/C50H8B28/c1-3-9(52)12-13(15-17(34(63)45(74)43(72)32(15)61)16-14(12)31(60)42(71)44(73)33(16)62)10(53)4-7-26(55)23-19(35(64)27(7)56)18-24(39(68)36(65)20(29(18)58)21-37(66)46(75)49(78)47(76)38(21)67)50(23)5-8(28(57)25(54)6(2)51)11-22(50)40(69)48(77)41(70)30(11)59/h1H,4-5H2,2H3/b12-9-,13-10-,25-6-,28-8-. The number of fused-ring (bicyclic) bond motifs is 10. The molecule has 1 unspecified atom stereocenters. The Kier molecular flexibility index (Phi) is 14.9. The fraction of sp³-hybridized carbons (Fsp3) is 0.0800. The minimum atomic E-state index is -1.80. The van der Waals surface area contributed by atoms with Gasteiger partial charge in [-0.15, -0.1) is 82.9 Å². The molecule has 0 saturated carbocycles. The van der Waals surface area contributed by atoms with Gasteiger partial charge >= 0.3 is 0 Å². The third kappa shape index (κ3) is 7.62. The molecule has 0 amide bonds. The second-order valence-electron chi connectivity index (χ2n) is 19.6. The van der Waals surface area contributed by atoms with Gasteiger partial charge in [0.15, 0.2) is 0 Å². The van der Waals surface area contributed by atoms with Crippen LogP contribution in [0.1, 0.15) is 41.2 Å². The predicted molar refractivity (Wildman–Crippen MR) is 361 cm³/mol. The molecule has 56 radical (unpaired) electrons. The smallest absolute Gasteiger partial charge is 0.127 e. The van der Waals surface area contributed by atoms with E-state index >= 15 is 0 Å². The Bertz CT molecular complexity index is 4280. The van der Waals surface area contributed by atoms with Crippen molar-refractivity contribution in [2.45, 2.75) is 25.2 Å². The molecule has 0 bridgehead atoms.